The van der Waals surface area contributed by atoms with Crippen LogP contribution in [0.15, 0.2) is 18.6 Å². The van der Waals surface area contributed by atoms with Gasteiger partial charge in [-0.3, -0.25) is 0 Å². The van der Waals surface area contributed by atoms with Crippen LogP contribution in [0.25, 0.3) is 11.0 Å². The first kappa shape index (κ1) is 12.4. The Kier molecular flexibility index (Phi) is 2.93. The Bertz CT molecular complexity index is 708. The molecular weight excluding hydrogens is 264 g/mol. The van der Waals surface area contributed by atoms with Gasteiger partial charge in [0.15, 0.2) is 15.7 Å². The molecule has 0 saturated carbocycles. The van der Waals surface area contributed by atoms with Gasteiger partial charge in [-0.25, -0.2) is 18.4 Å². The number of aryl methyl sites for hydroxylation is 1. The van der Waals surface area contributed by atoms with E-state index in [-0.39, 0.29) is 5.25 Å². The molecule has 0 radical (unpaired) electrons. The summed E-state index contributed by atoms with van der Waals surface area (Å²) >= 11 is 0. The molecule has 1 unspecified atom stereocenters. The van der Waals surface area contributed by atoms with Crippen molar-refractivity contribution in [2.24, 2.45) is 7.05 Å². The fourth-order valence-corrected chi connectivity index (χ4v) is 4.25. The van der Waals surface area contributed by atoms with E-state index in [9.17, 15) is 8.42 Å². The van der Waals surface area contributed by atoms with Crippen molar-refractivity contribution in [2.75, 3.05) is 17.6 Å². The molecule has 3 rings (SSSR count). The van der Waals surface area contributed by atoms with E-state index in [4.69, 9.17) is 0 Å². The Morgan fingerprint density at radius 2 is 2.32 bits per heavy atom. The molecule has 19 heavy (non-hydrogen) atoms. The summed E-state index contributed by atoms with van der Waals surface area (Å²) in [4.78, 5) is 8.54. The lowest BCUT2D eigenvalue weighted by molar-refractivity contribution is 0.591. The number of sulfone groups is 1. The third-order valence-electron chi connectivity index (χ3n) is 3.60. The van der Waals surface area contributed by atoms with Crippen LogP contribution in [0.1, 0.15) is 12.8 Å². The summed E-state index contributed by atoms with van der Waals surface area (Å²) in [6.45, 7) is 0.408. The molecule has 1 aliphatic rings. The van der Waals surface area contributed by atoms with Crippen molar-refractivity contribution in [3.63, 3.8) is 0 Å². The highest BCUT2D eigenvalue weighted by Crippen LogP contribution is 2.22. The summed E-state index contributed by atoms with van der Waals surface area (Å²) in [5.41, 5.74) is 1.76. The molecule has 1 saturated heterocycles. The first-order valence-electron chi connectivity index (χ1n) is 6.29. The standard InChI is InChI=1S/C12H16N4O2S/c1-16-8-15-11-10(16)4-5-13-12(11)14-7-9-3-2-6-19(9,17)18/h4-5,8-9H,2-3,6-7H2,1H3,(H,13,14). The van der Waals surface area contributed by atoms with Gasteiger partial charge in [0.1, 0.15) is 5.52 Å². The van der Waals surface area contributed by atoms with Crippen LogP contribution >= 0.6 is 0 Å². The Morgan fingerprint density at radius 3 is 3.05 bits per heavy atom. The number of pyridine rings is 1. The largest absolute Gasteiger partial charge is 0.367 e. The minimum Gasteiger partial charge on any atom is -0.367 e. The lowest BCUT2D eigenvalue weighted by Gasteiger charge is -2.11. The van der Waals surface area contributed by atoms with Crippen LogP contribution in [-0.2, 0) is 16.9 Å². The molecule has 0 amide bonds. The van der Waals surface area contributed by atoms with Crippen molar-refractivity contribution in [1.29, 1.82) is 0 Å². The van der Waals surface area contributed by atoms with Gasteiger partial charge < -0.3 is 9.88 Å². The normalized spacial score (nSPS) is 21.8. The molecule has 2 aromatic heterocycles. The average molecular weight is 280 g/mol. The van der Waals surface area contributed by atoms with Crippen LogP contribution in [-0.4, -0.2) is 40.5 Å². The molecule has 3 heterocycles. The summed E-state index contributed by atoms with van der Waals surface area (Å²) in [5.74, 6) is 0.959. The third kappa shape index (κ3) is 2.18. The fraction of sp³-hybridized carbons (Fsp3) is 0.500. The molecule has 1 aliphatic heterocycles. The van der Waals surface area contributed by atoms with Crippen molar-refractivity contribution in [3.8, 4) is 0 Å². The number of anilines is 1. The quantitative estimate of drug-likeness (QED) is 0.906. The number of fused-ring (bicyclic) bond motifs is 1. The van der Waals surface area contributed by atoms with Gasteiger partial charge in [0.25, 0.3) is 0 Å². The van der Waals surface area contributed by atoms with E-state index in [0.717, 1.165) is 23.9 Å². The molecular formula is C12H16N4O2S. The Hall–Kier alpha value is -1.63. The number of aromatic nitrogens is 3. The van der Waals surface area contributed by atoms with Crippen molar-refractivity contribution in [3.05, 3.63) is 18.6 Å². The van der Waals surface area contributed by atoms with Gasteiger partial charge in [0, 0.05) is 19.8 Å². The van der Waals surface area contributed by atoms with Crippen LogP contribution in [0, 0.1) is 0 Å². The van der Waals surface area contributed by atoms with E-state index in [0.29, 0.717) is 18.1 Å². The molecule has 102 valence electrons. The minimum absolute atomic E-state index is 0.298. The molecule has 1 N–H and O–H groups in total. The smallest absolute Gasteiger partial charge is 0.154 e. The van der Waals surface area contributed by atoms with Gasteiger partial charge >= 0.3 is 0 Å². The molecule has 2 aromatic rings. The van der Waals surface area contributed by atoms with E-state index >= 15 is 0 Å². The molecule has 1 atom stereocenters. The van der Waals surface area contributed by atoms with Gasteiger partial charge in [-0.1, -0.05) is 0 Å². The zero-order chi connectivity index (χ0) is 13.5. The number of imidazole rings is 1. The predicted octanol–water partition coefficient (Wildman–Crippen LogP) is 0.957. The number of hydrogen-bond donors (Lipinski definition) is 1. The topological polar surface area (TPSA) is 76.9 Å². The van der Waals surface area contributed by atoms with Crippen LogP contribution in [0.5, 0.6) is 0 Å². The Morgan fingerprint density at radius 1 is 1.47 bits per heavy atom. The zero-order valence-electron chi connectivity index (χ0n) is 10.7. The molecule has 7 heteroatoms. The highest BCUT2D eigenvalue weighted by Gasteiger charge is 2.31. The Balaban J connectivity index is 1.83. The van der Waals surface area contributed by atoms with E-state index in [2.05, 4.69) is 15.3 Å². The molecule has 6 nitrogen and oxygen atoms in total. The maximum Gasteiger partial charge on any atom is 0.154 e. The average Bonchev–Trinajstić information content (AvgIpc) is 2.91. The van der Waals surface area contributed by atoms with E-state index < -0.39 is 9.84 Å². The second-order valence-electron chi connectivity index (χ2n) is 4.89. The SMILES string of the molecule is Cn1cnc2c(NCC3CCCS3(=O)=O)nccc21. The summed E-state index contributed by atoms with van der Waals surface area (Å²) in [6.07, 6.45) is 4.92. The monoisotopic (exact) mass is 280 g/mol. The van der Waals surface area contributed by atoms with Crippen molar-refractivity contribution in [2.45, 2.75) is 18.1 Å². The van der Waals surface area contributed by atoms with Gasteiger partial charge in [0.05, 0.1) is 22.8 Å². The summed E-state index contributed by atoms with van der Waals surface area (Å²) in [5, 5.41) is 2.83. The van der Waals surface area contributed by atoms with Crippen LogP contribution in [0.4, 0.5) is 5.82 Å². The number of hydrogen-bond acceptors (Lipinski definition) is 5. The van der Waals surface area contributed by atoms with Crippen molar-refractivity contribution in [1.82, 2.24) is 14.5 Å². The fourth-order valence-electron chi connectivity index (χ4n) is 2.49. The number of nitrogens with one attached hydrogen (secondary N) is 1. The highest BCUT2D eigenvalue weighted by atomic mass is 32.2. The zero-order valence-corrected chi connectivity index (χ0v) is 11.5. The van der Waals surface area contributed by atoms with E-state index in [1.165, 1.54) is 0 Å². The van der Waals surface area contributed by atoms with Gasteiger partial charge in [-0.05, 0) is 18.9 Å². The number of nitrogens with zero attached hydrogens (tertiary/aromatic N) is 3. The second-order valence-corrected chi connectivity index (χ2v) is 7.30. The van der Waals surface area contributed by atoms with Gasteiger partial charge in [-0.15, -0.1) is 0 Å². The lowest BCUT2D eigenvalue weighted by atomic mass is 10.2. The van der Waals surface area contributed by atoms with Crippen molar-refractivity contribution >= 4 is 26.7 Å². The van der Waals surface area contributed by atoms with Crippen LogP contribution < -0.4 is 5.32 Å². The molecule has 0 aromatic carbocycles. The van der Waals surface area contributed by atoms with Crippen molar-refractivity contribution < 1.29 is 8.42 Å². The summed E-state index contributed by atoms with van der Waals surface area (Å²) < 4.78 is 25.5. The molecule has 0 spiro atoms. The van der Waals surface area contributed by atoms with Gasteiger partial charge in [-0.2, -0.15) is 0 Å². The van der Waals surface area contributed by atoms with Crippen LogP contribution in [0.2, 0.25) is 0 Å². The Labute approximate surface area is 111 Å². The van der Waals surface area contributed by atoms with Gasteiger partial charge in [0.2, 0.25) is 0 Å². The summed E-state index contributed by atoms with van der Waals surface area (Å²) in [6, 6.07) is 1.89. The van der Waals surface area contributed by atoms with E-state index in [1.807, 2.05) is 17.7 Å². The molecule has 0 bridgehead atoms. The maximum absolute atomic E-state index is 11.8. The summed E-state index contributed by atoms with van der Waals surface area (Å²) in [7, 11) is -1.00. The molecule has 0 aliphatic carbocycles. The first-order valence-corrected chi connectivity index (χ1v) is 8.01. The second kappa shape index (κ2) is 4.48. The number of rotatable bonds is 3. The highest BCUT2D eigenvalue weighted by molar-refractivity contribution is 7.92. The third-order valence-corrected chi connectivity index (χ3v) is 5.88. The van der Waals surface area contributed by atoms with E-state index in [1.54, 1.807) is 12.5 Å². The predicted molar refractivity (Wildman–Crippen MR) is 73.8 cm³/mol. The first-order chi connectivity index (χ1) is 9.08. The molecule has 1 fully saturated rings. The minimum atomic E-state index is -2.92. The van der Waals surface area contributed by atoms with Crippen LogP contribution in [0.3, 0.4) is 0 Å². The lowest BCUT2D eigenvalue weighted by Crippen LogP contribution is -2.25. The maximum atomic E-state index is 11.8.